The third-order valence-corrected chi connectivity index (χ3v) is 2.17. The molecule has 0 fully saturated rings. The van der Waals surface area contributed by atoms with Crippen molar-refractivity contribution in [2.45, 2.75) is 0 Å². The van der Waals surface area contributed by atoms with Crippen molar-refractivity contribution in [2.75, 3.05) is 0 Å². The van der Waals surface area contributed by atoms with Crippen molar-refractivity contribution in [1.29, 1.82) is 0 Å². The molecule has 1 aromatic heterocycles. The van der Waals surface area contributed by atoms with Crippen LogP contribution in [0.15, 0.2) is 30.5 Å². The van der Waals surface area contributed by atoms with Gasteiger partial charge < -0.3 is 4.57 Å². The van der Waals surface area contributed by atoms with Gasteiger partial charge in [-0.05, 0) is 12.1 Å². The van der Waals surface area contributed by atoms with Gasteiger partial charge in [0, 0.05) is 7.05 Å². The molecule has 2 rings (SSSR count). The molecule has 0 aliphatic rings. The lowest BCUT2D eigenvalue weighted by Crippen LogP contribution is -1.92. The highest BCUT2D eigenvalue weighted by molar-refractivity contribution is 5.77. The number of rotatable bonds is 2. The van der Waals surface area contributed by atoms with E-state index < -0.39 is 4.92 Å². The molecule has 0 N–H and O–H groups in total. The van der Waals surface area contributed by atoms with Crippen molar-refractivity contribution < 1.29 is 4.92 Å². The Kier molecular flexibility index (Phi) is 2.21. The predicted octanol–water partition coefficient (Wildman–Crippen LogP) is 1.82. The van der Waals surface area contributed by atoms with Gasteiger partial charge >= 0.3 is 0 Å². The van der Waals surface area contributed by atoms with Gasteiger partial charge in [-0.3, -0.25) is 10.1 Å². The fraction of sp³-hybridized carbons (Fsp3) is 0.100. The average Bonchev–Trinajstić information content (AvgIpc) is 2.54. The summed E-state index contributed by atoms with van der Waals surface area (Å²) in [6.45, 7) is 0. The largest absolute Gasteiger partial charge is 0.327 e. The lowest BCUT2D eigenvalue weighted by Gasteiger charge is -1.94. The number of nitro groups is 1. The molecule has 0 atom stereocenters. The zero-order chi connectivity index (χ0) is 10.8. The van der Waals surface area contributed by atoms with E-state index in [1.807, 2.05) is 35.9 Å². The second-order valence-electron chi connectivity index (χ2n) is 3.12. The van der Waals surface area contributed by atoms with E-state index in [-0.39, 0.29) is 0 Å². The van der Waals surface area contributed by atoms with Gasteiger partial charge in [-0.15, -0.1) is 0 Å². The molecule has 5 nitrogen and oxygen atoms in total. The minimum atomic E-state index is -0.501. The van der Waals surface area contributed by atoms with E-state index in [9.17, 15) is 10.1 Å². The van der Waals surface area contributed by atoms with Gasteiger partial charge in [-0.2, -0.15) is 0 Å². The first-order valence-corrected chi connectivity index (χ1v) is 4.41. The zero-order valence-corrected chi connectivity index (χ0v) is 8.12. The summed E-state index contributed by atoms with van der Waals surface area (Å²) in [5, 5.41) is 10.2. The molecule has 0 aliphatic heterocycles. The van der Waals surface area contributed by atoms with Crippen LogP contribution in [0.3, 0.4) is 0 Å². The lowest BCUT2D eigenvalue weighted by molar-refractivity contribution is -0.401. The number of nitrogens with zero attached hydrogens (tertiary/aromatic N) is 3. The molecule has 0 aliphatic carbocycles. The number of para-hydroxylation sites is 2. The Morgan fingerprint density at radius 1 is 1.47 bits per heavy atom. The fourth-order valence-corrected chi connectivity index (χ4v) is 1.44. The van der Waals surface area contributed by atoms with Gasteiger partial charge in [0.25, 0.3) is 0 Å². The molecule has 1 heterocycles. The number of imidazole rings is 1. The average molecular weight is 203 g/mol. The van der Waals surface area contributed by atoms with Gasteiger partial charge in [0.15, 0.2) is 0 Å². The molecule has 0 bridgehead atoms. The van der Waals surface area contributed by atoms with E-state index in [4.69, 9.17) is 0 Å². The van der Waals surface area contributed by atoms with Crippen molar-refractivity contribution in [3.8, 4) is 0 Å². The Hall–Kier alpha value is -2.17. The number of aromatic nitrogens is 2. The van der Waals surface area contributed by atoms with Gasteiger partial charge in [0.2, 0.25) is 6.20 Å². The van der Waals surface area contributed by atoms with Crippen molar-refractivity contribution in [1.82, 2.24) is 9.55 Å². The van der Waals surface area contributed by atoms with Crippen molar-refractivity contribution >= 4 is 17.1 Å². The Labute approximate surface area is 85.8 Å². The lowest BCUT2D eigenvalue weighted by atomic mass is 10.3. The van der Waals surface area contributed by atoms with E-state index >= 15 is 0 Å². The van der Waals surface area contributed by atoms with Crippen molar-refractivity contribution in [2.24, 2.45) is 7.05 Å². The third kappa shape index (κ3) is 1.71. The van der Waals surface area contributed by atoms with Crippen molar-refractivity contribution in [3.05, 3.63) is 46.4 Å². The monoisotopic (exact) mass is 203 g/mol. The Morgan fingerprint density at radius 3 is 2.87 bits per heavy atom. The SMILES string of the molecule is Cn1c(C=C[N+](=O)[O-])nc2ccccc21. The minimum Gasteiger partial charge on any atom is -0.327 e. The third-order valence-electron chi connectivity index (χ3n) is 2.17. The van der Waals surface area contributed by atoms with Crippen molar-refractivity contribution in [3.63, 3.8) is 0 Å². The number of hydrogen-bond acceptors (Lipinski definition) is 3. The second kappa shape index (κ2) is 3.53. The highest BCUT2D eigenvalue weighted by Crippen LogP contribution is 2.14. The molecule has 0 amide bonds. The first kappa shape index (κ1) is 9.39. The van der Waals surface area contributed by atoms with Crippen LogP contribution in [0.1, 0.15) is 5.82 Å². The van der Waals surface area contributed by atoms with Crippen LogP contribution in [-0.4, -0.2) is 14.5 Å². The van der Waals surface area contributed by atoms with Gasteiger partial charge in [0.1, 0.15) is 5.82 Å². The molecular formula is C10H9N3O2. The van der Waals surface area contributed by atoms with Crippen LogP contribution in [0.4, 0.5) is 0 Å². The quantitative estimate of drug-likeness (QED) is 0.552. The van der Waals surface area contributed by atoms with Crippen LogP contribution in [0.25, 0.3) is 17.1 Å². The smallest absolute Gasteiger partial charge is 0.238 e. The summed E-state index contributed by atoms with van der Waals surface area (Å²) in [5.41, 5.74) is 1.79. The van der Waals surface area contributed by atoms with Crippen LogP contribution < -0.4 is 0 Å². The summed E-state index contributed by atoms with van der Waals surface area (Å²) in [6.07, 6.45) is 2.28. The van der Waals surface area contributed by atoms with Gasteiger partial charge in [0.05, 0.1) is 22.0 Å². The maximum Gasteiger partial charge on any atom is 0.238 e. The molecule has 5 heteroatoms. The Bertz CT molecular complexity index is 543. The summed E-state index contributed by atoms with van der Waals surface area (Å²) in [6, 6.07) is 7.59. The Balaban J connectivity index is 2.53. The fourth-order valence-electron chi connectivity index (χ4n) is 1.44. The summed E-state index contributed by atoms with van der Waals surface area (Å²) in [4.78, 5) is 13.9. The molecule has 0 saturated carbocycles. The zero-order valence-electron chi connectivity index (χ0n) is 8.12. The predicted molar refractivity (Wildman–Crippen MR) is 56.7 cm³/mol. The number of fused-ring (bicyclic) bond motifs is 1. The van der Waals surface area contributed by atoms with E-state index in [2.05, 4.69) is 4.98 Å². The summed E-state index contributed by atoms with van der Waals surface area (Å²) >= 11 is 0. The molecule has 0 radical (unpaired) electrons. The number of hydrogen-bond donors (Lipinski definition) is 0. The minimum absolute atomic E-state index is 0.501. The molecule has 0 spiro atoms. The maximum absolute atomic E-state index is 10.2. The van der Waals surface area contributed by atoms with E-state index in [0.717, 1.165) is 17.2 Å². The number of benzene rings is 1. The van der Waals surface area contributed by atoms with Crippen LogP contribution >= 0.6 is 0 Å². The molecule has 0 saturated heterocycles. The molecule has 0 unspecified atom stereocenters. The normalized spacial score (nSPS) is 11.3. The topological polar surface area (TPSA) is 61.0 Å². The van der Waals surface area contributed by atoms with Crippen LogP contribution in [0, 0.1) is 10.1 Å². The standard InChI is InChI=1S/C10H9N3O2/c1-12-9-5-3-2-4-8(9)11-10(12)6-7-13(14)15/h2-7H,1H3. The highest BCUT2D eigenvalue weighted by Gasteiger charge is 2.04. The van der Waals surface area contributed by atoms with Crippen LogP contribution in [0.2, 0.25) is 0 Å². The molecule has 2 aromatic rings. The number of aryl methyl sites for hydroxylation is 1. The van der Waals surface area contributed by atoms with Crippen LogP contribution in [0.5, 0.6) is 0 Å². The summed E-state index contributed by atoms with van der Waals surface area (Å²) in [7, 11) is 1.83. The Morgan fingerprint density at radius 2 is 2.20 bits per heavy atom. The summed E-state index contributed by atoms with van der Waals surface area (Å²) in [5.74, 6) is 0.577. The molecule has 1 aromatic carbocycles. The van der Waals surface area contributed by atoms with E-state index in [0.29, 0.717) is 5.82 Å². The summed E-state index contributed by atoms with van der Waals surface area (Å²) < 4.78 is 1.81. The second-order valence-corrected chi connectivity index (χ2v) is 3.12. The van der Waals surface area contributed by atoms with Gasteiger partial charge in [-0.25, -0.2) is 4.98 Å². The highest BCUT2D eigenvalue weighted by atomic mass is 16.6. The molecule has 76 valence electrons. The van der Waals surface area contributed by atoms with E-state index in [1.54, 1.807) is 0 Å². The van der Waals surface area contributed by atoms with Gasteiger partial charge in [-0.1, -0.05) is 12.1 Å². The van der Waals surface area contributed by atoms with Crippen LogP contribution in [-0.2, 0) is 7.05 Å². The first-order chi connectivity index (χ1) is 7.18. The maximum atomic E-state index is 10.2. The molecular weight excluding hydrogens is 194 g/mol. The van der Waals surface area contributed by atoms with E-state index in [1.165, 1.54) is 6.08 Å². The molecule has 15 heavy (non-hydrogen) atoms. The first-order valence-electron chi connectivity index (χ1n) is 4.41.